The van der Waals surface area contributed by atoms with Gasteiger partial charge < -0.3 is 10.6 Å². The molecule has 2 heterocycles. The molecule has 0 bridgehead atoms. The normalized spacial score (nSPS) is 11.0. The molecule has 2 aromatic heterocycles. The van der Waals surface area contributed by atoms with Crippen molar-refractivity contribution in [3.8, 4) is 0 Å². The molecule has 0 saturated heterocycles. The number of halogens is 1. The van der Waals surface area contributed by atoms with Crippen LogP contribution in [0.1, 0.15) is 17.5 Å². The lowest BCUT2D eigenvalue weighted by atomic mass is 10.3. The number of thiophene rings is 1. The molecule has 0 spiro atoms. The monoisotopic (exact) mass is 419 g/mol. The Morgan fingerprint density at radius 2 is 2.29 bits per heavy atom. The van der Waals surface area contributed by atoms with E-state index >= 15 is 0 Å². The third-order valence-electron chi connectivity index (χ3n) is 2.88. The Bertz CT molecular complexity index is 535. The lowest BCUT2D eigenvalue weighted by molar-refractivity contribution is 0.570. The van der Waals surface area contributed by atoms with Crippen LogP contribution in [-0.4, -0.2) is 29.3 Å². The number of hydrogen-bond acceptors (Lipinski definition) is 3. The minimum Gasteiger partial charge on any atom is -0.356 e. The van der Waals surface area contributed by atoms with Gasteiger partial charge in [0.25, 0.3) is 0 Å². The van der Waals surface area contributed by atoms with E-state index in [-0.39, 0.29) is 24.0 Å². The van der Waals surface area contributed by atoms with E-state index in [9.17, 15) is 0 Å². The summed E-state index contributed by atoms with van der Waals surface area (Å²) in [6.45, 7) is 4.66. The van der Waals surface area contributed by atoms with E-state index < -0.39 is 0 Å². The number of hydrogen-bond donors (Lipinski definition) is 2. The second-order valence-electron chi connectivity index (χ2n) is 4.62. The maximum atomic E-state index is 4.27. The summed E-state index contributed by atoms with van der Waals surface area (Å²) >= 11 is 1.71. The summed E-state index contributed by atoms with van der Waals surface area (Å²) in [6.07, 6.45) is 4.96. The number of aromatic nitrogens is 2. The number of rotatable bonds is 6. The highest BCUT2D eigenvalue weighted by atomic mass is 127. The topological polar surface area (TPSA) is 54.2 Å². The summed E-state index contributed by atoms with van der Waals surface area (Å²) in [4.78, 5) is 4.21. The highest BCUT2D eigenvalue weighted by molar-refractivity contribution is 14.0. The van der Waals surface area contributed by atoms with Crippen LogP contribution < -0.4 is 10.6 Å². The van der Waals surface area contributed by atoms with Crippen molar-refractivity contribution in [1.82, 2.24) is 20.4 Å². The van der Waals surface area contributed by atoms with Gasteiger partial charge in [0.15, 0.2) is 5.96 Å². The van der Waals surface area contributed by atoms with Gasteiger partial charge in [-0.1, -0.05) is 0 Å². The number of nitrogens with one attached hydrogen (secondary N) is 2. The zero-order valence-corrected chi connectivity index (χ0v) is 15.5. The number of aliphatic imine (C=N–C) groups is 1. The summed E-state index contributed by atoms with van der Waals surface area (Å²) < 4.78 is 1.97. The first kappa shape index (κ1) is 18.0. The van der Waals surface area contributed by atoms with Gasteiger partial charge >= 0.3 is 0 Å². The molecule has 5 nitrogen and oxygen atoms in total. The first-order chi connectivity index (χ1) is 9.78. The van der Waals surface area contributed by atoms with E-state index in [1.165, 1.54) is 11.1 Å². The van der Waals surface area contributed by atoms with Gasteiger partial charge in [-0.05, 0) is 41.3 Å². The predicted octanol–water partition coefficient (Wildman–Crippen LogP) is 2.63. The molecule has 0 radical (unpaired) electrons. The Balaban J connectivity index is 0.00000220. The minimum absolute atomic E-state index is 0. The Labute approximate surface area is 146 Å². The van der Waals surface area contributed by atoms with E-state index in [1.807, 2.05) is 10.9 Å². The van der Waals surface area contributed by atoms with Gasteiger partial charge in [0.2, 0.25) is 0 Å². The van der Waals surface area contributed by atoms with Crippen molar-refractivity contribution in [3.05, 3.63) is 40.3 Å². The molecule has 0 amide bonds. The van der Waals surface area contributed by atoms with Crippen molar-refractivity contribution in [2.45, 2.75) is 26.4 Å². The molecule has 2 rings (SSSR count). The van der Waals surface area contributed by atoms with Crippen molar-refractivity contribution in [1.29, 1.82) is 0 Å². The van der Waals surface area contributed by atoms with E-state index in [2.05, 4.69) is 50.7 Å². The summed E-state index contributed by atoms with van der Waals surface area (Å²) in [5.74, 6) is 0.841. The summed E-state index contributed by atoms with van der Waals surface area (Å²) in [5.41, 5.74) is 2.48. The molecular formula is C14H22IN5S. The molecule has 0 unspecified atom stereocenters. The molecular weight excluding hydrogens is 397 g/mol. The van der Waals surface area contributed by atoms with Gasteiger partial charge in [-0.3, -0.25) is 9.67 Å². The molecule has 0 fully saturated rings. The number of aryl methyl sites for hydroxylation is 2. The second kappa shape index (κ2) is 9.78. The van der Waals surface area contributed by atoms with Gasteiger partial charge in [0, 0.05) is 32.9 Å². The van der Waals surface area contributed by atoms with Crippen LogP contribution in [0.2, 0.25) is 0 Å². The van der Waals surface area contributed by atoms with Crippen LogP contribution in [0.5, 0.6) is 0 Å². The molecule has 21 heavy (non-hydrogen) atoms. The average Bonchev–Trinajstić information content (AvgIpc) is 3.09. The largest absolute Gasteiger partial charge is 0.356 e. The summed E-state index contributed by atoms with van der Waals surface area (Å²) in [5, 5.41) is 15.1. The SMILES string of the molecule is CN=C(NCCCn1cc(C)cn1)NCc1ccsc1.I. The predicted molar refractivity (Wildman–Crippen MR) is 99.5 cm³/mol. The van der Waals surface area contributed by atoms with Crippen molar-refractivity contribution in [3.63, 3.8) is 0 Å². The van der Waals surface area contributed by atoms with Crippen LogP contribution in [0.25, 0.3) is 0 Å². The smallest absolute Gasteiger partial charge is 0.191 e. The van der Waals surface area contributed by atoms with Crippen LogP contribution in [0, 0.1) is 6.92 Å². The van der Waals surface area contributed by atoms with Crippen LogP contribution in [-0.2, 0) is 13.1 Å². The quantitative estimate of drug-likeness (QED) is 0.328. The molecule has 0 saturated carbocycles. The standard InChI is InChI=1S/C14H21N5S.HI/c1-12-8-18-19(10-12)6-3-5-16-14(15-2)17-9-13-4-7-20-11-13;/h4,7-8,10-11H,3,5-6,9H2,1-2H3,(H2,15,16,17);1H. The van der Waals surface area contributed by atoms with Crippen molar-refractivity contribution in [2.24, 2.45) is 4.99 Å². The molecule has 0 atom stereocenters. The molecule has 2 aromatic rings. The Morgan fingerprint density at radius 1 is 1.43 bits per heavy atom. The van der Waals surface area contributed by atoms with Gasteiger partial charge in [-0.25, -0.2) is 0 Å². The lowest BCUT2D eigenvalue weighted by Gasteiger charge is -2.11. The van der Waals surface area contributed by atoms with E-state index in [0.29, 0.717) is 0 Å². The molecule has 2 N–H and O–H groups in total. The fourth-order valence-electron chi connectivity index (χ4n) is 1.84. The van der Waals surface area contributed by atoms with Gasteiger partial charge in [0.1, 0.15) is 0 Å². The molecule has 0 aromatic carbocycles. The van der Waals surface area contributed by atoms with E-state index in [4.69, 9.17) is 0 Å². The molecule has 7 heteroatoms. The zero-order valence-electron chi connectivity index (χ0n) is 12.4. The Morgan fingerprint density at radius 3 is 2.90 bits per heavy atom. The van der Waals surface area contributed by atoms with Crippen molar-refractivity contribution < 1.29 is 0 Å². The third kappa shape index (κ3) is 6.47. The van der Waals surface area contributed by atoms with Crippen LogP contribution in [0.4, 0.5) is 0 Å². The molecule has 0 aliphatic rings. The van der Waals surface area contributed by atoms with Gasteiger partial charge in [0.05, 0.1) is 6.20 Å². The first-order valence-electron chi connectivity index (χ1n) is 6.72. The maximum Gasteiger partial charge on any atom is 0.191 e. The van der Waals surface area contributed by atoms with E-state index in [0.717, 1.165) is 32.0 Å². The van der Waals surface area contributed by atoms with E-state index in [1.54, 1.807) is 18.4 Å². The van der Waals surface area contributed by atoms with Crippen molar-refractivity contribution in [2.75, 3.05) is 13.6 Å². The minimum atomic E-state index is 0. The zero-order chi connectivity index (χ0) is 14.2. The Kier molecular flexibility index (Phi) is 8.36. The van der Waals surface area contributed by atoms with Crippen LogP contribution in [0.3, 0.4) is 0 Å². The van der Waals surface area contributed by atoms with Gasteiger partial charge in [-0.2, -0.15) is 16.4 Å². The fourth-order valence-corrected chi connectivity index (χ4v) is 2.51. The second-order valence-corrected chi connectivity index (χ2v) is 5.40. The fraction of sp³-hybridized carbons (Fsp3) is 0.429. The van der Waals surface area contributed by atoms with Crippen LogP contribution in [0.15, 0.2) is 34.2 Å². The van der Waals surface area contributed by atoms with Crippen molar-refractivity contribution >= 4 is 41.3 Å². The summed E-state index contributed by atoms with van der Waals surface area (Å²) in [6, 6.07) is 2.12. The maximum absolute atomic E-state index is 4.27. The Hall–Kier alpha value is -1.09. The number of nitrogens with zero attached hydrogens (tertiary/aromatic N) is 3. The highest BCUT2D eigenvalue weighted by Gasteiger charge is 1.99. The highest BCUT2D eigenvalue weighted by Crippen LogP contribution is 2.04. The molecule has 0 aliphatic heterocycles. The first-order valence-corrected chi connectivity index (χ1v) is 7.67. The molecule has 0 aliphatic carbocycles. The van der Waals surface area contributed by atoms with Gasteiger partial charge in [-0.15, -0.1) is 24.0 Å². The molecule has 116 valence electrons. The lowest BCUT2D eigenvalue weighted by Crippen LogP contribution is -2.37. The average molecular weight is 419 g/mol. The summed E-state index contributed by atoms with van der Waals surface area (Å²) in [7, 11) is 1.79. The van der Waals surface area contributed by atoms with Crippen LogP contribution >= 0.6 is 35.3 Å². The third-order valence-corrected chi connectivity index (χ3v) is 3.61. The number of guanidine groups is 1.